The monoisotopic (exact) mass is 463 g/mol. The number of hydrogen-bond donors (Lipinski definition) is 0. The van der Waals surface area contributed by atoms with Crippen molar-refractivity contribution in [2.45, 2.75) is 32.4 Å². The lowest BCUT2D eigenvalue weighted by molar-refractivity contribution is -0.131. The molecule has 0 unspecified atom stereocenters. The lowest BCUT2D eigenvalue weighted by Gasteiger charge is -2.22. The van der Waals surface area contributed by atoms with E-state index in [-0.39, 0.29) is 11.5 Å². The zero-order chi connectivity index (χ0) is 24.2. The quantitative estimate of drug-likeness (QED) is 0.535. The molecule has 1 aromatic carbocycles. The molecule has 0 aliphatic carbocycles. The second kappa shape index (κ2) is 10.1. The Labute approximate surface area is 197 Å². The molecule has 3 aromatic rings. The molecule has 0 saturated carbocycles. The molecular weight excluding hydrogens is 434 g/mol. The van der Waals surface area contributed by atoms with Gasteiger partial charge in [0.15, 0.2) is 11.2 Å². The van der Waals surface area contributed by atoms with E-state index in [1.54, 1.807) is 17.9 Å². The Balaban J connectivity index is 1.31. The molecule has 10 heteroatoms. The largest absolute Gasteiger partial charge is 0.341 e. The Morgan fingerprint density at radius 2 is 1.82 bits per heavy atom. The van der Waals surface area contributed by atoms with Gasteiger partial charge >= 0.3 is 5.69 Å². The summed E-state index contributed by atoms with van der Waals surface area (Å²) in [6.45, 7) is 4.44. The first kappa shape index (κ1) is 23.4. The third-order valence-corrected chi connectivity index (χ3v) is 6.44. The smallest absolute Gasteiger partial charge is 0.332 e. The van der Waals surface area contributed by atoms with Crippen molar-refractivity contribution >= 4 is 17.1 Å². The number of rotatable bonds is 6. The fraction of sp³-hybridized carbons (Fsp3) is 0.458. The summed E-state index contributed by atoms with van der Waals surface area (Å²) >= 11 is 0. The average molecular weight is 464 g/mol. The van der Waals surface area contributed by atoms with Gasteiger partial charge in [0.1, 0.15) is 0 Å². The van der Waals surface area contributed by atoms with Crippen LogP contribution < -0.4 is 11.2 Å². The van der Waals surface area contributed by atoms with E-state index < -0.39 is 5.69 Å². The number of nitrogens with zero attached hydrogens (tertiary/aromatic N) is 7. The number of hydrogen-bond acceptors (Lipinski definition) is 6. The lowest BCUT2D eigenvalue weighted by Crippen LogP contribution is -2.37. The number of imidazole rings is 1. The van der Waals surface area contributed by atoms with Crippen LogP contribution in [0.25, 0.3) is 11.2 Å². The van der Waals surface area contributed by atoms with Gasteiger partial charge in [0.05, 0.1) is 18.0 Å². The summed E-state index contributed by atoms with van der Waals surface area (Å²) in [6.07, 6.45) is 3.45. The predicted octanol–water partition coefficient (Wildman–Crippen LogP) is 0.820. The molecule has 34 heavy (non-hydrogen) atoms. The molecule has 1 aliphatic rings. The van der Waals surface area contributed by atoms with Gasteiger partial charge in [0, 0.05) is 59.8 Å². The van der Waals surface area contributed by atoms with Crippen molar-refractivity contribution in [1.82, 2.24) is 28.5 Å². The van der Waals surface area contributed by atoms with Gasteiger partial charge < -0.3 is 9.47 Å². The maximum Gasteiger partial charge on any atom is 0.332 e. The average Bonchev–Trinajstić information content (AvgIpc) is 3.13. The summed E-state index contributed by atoms with van der Waals surface area (Å²) in [5.41, 5.74) is 1.77. The number of amides is 1. The standard InChI is InChI=1S/C24H29N7O3/c1-27-22-21(23(33)28(2)24(27)34)31(17-26-22)11-3-5-20(32)30-12-4-10-29(13-14-30)16-19-8-6-18(15-25)7-9-19/h6-9,17H,3-5,10-14,16H2,1-2H3. The van der Waals surface area contributed by atoms with Crippen LogP contribution in [0.1, 0.15) is 30.4 Å². The molecule has 0 bridgehead atoms. The van der Waals surface area contributed by atoms with E-state index in [0.717, 1.165) is 42.7 Å². The molecular formula is C24H29N7O3. The van der Waals surface area contributed by atoms with Crippen LogP contribution in [-0.2, 0) is 32.0 Å². The number of benzene rings is 1. The van der Waals surface area contributed by atoms with Gasteiger partial charge in [-0.05, 0) is 30.5 Å². The number of nitriles is 1. The van der Waals surface area contributed by atoms with Crippen LogP contribution in [0.3, 0.4) is 0 Å². The number of fused-ring (bicyclic) bond motifs is 1. The highest BCUT2D eigenvalue weighted by Crippen LogP contribution is 2.12. The van der Waals surface area contributed by atoms with Crippen molar-refractivity contribution in [3.05, 3.63) is 62.6 Å². The van der Waals surface area contributed by atoms with E-state index in [2.05, 4.69) is 16.0 Å². The summed E-state index contributed by atoms with van der Waals surface area (Å²) < 4.78 is 4.16. The van der Waals surface area contributed by atoms with Crippen LogP contribution in [0, 0.1) is 11.3 Å². The molecule has 1 aliphatic heterocycles. The third-order valence-electron chi connectivity index (χ3n) is 6.44. The third kappa shape index (κ3) is 4.79. The van der Waals surface area contributed by atoms with Crippen molar-refractivity contribution in [1.29, 1.82) is 5.26 Å². The summed E-state index contributed by atoms with van der Waals surface area (Å²) in [4.78, 5) is 46.0. The normalized spacial score (nSPS) is 14.8. The van der Waals surface area contributed by atoms with Crippen molar-refractivity contribution in [2.75, 3.05) is 26.2 Å². The van der Waals surface area contributed by atoms with Gasteiger partial charge in [0.2, 0.25) is 5.91 Å². The zero-order valence-electron chi connectivity index (χ0n) is 19.6. The van der Waals surface area contributed by atoms with Gasteiger partial charge in [0.25, 0.3) is 5.56 Å². The second-order valence-corrected chi connectivity index (χ2v) is 8.74. The molecule has 3 heterocycles. The summed E-state index contributed by atoms with van der Waals surface area (Å²) in [5, 5.41) is 8.94. The van der Waals surface area contributed by atoms with E-state index in [0.29, 0.717) is 42.7 Å². The van der Waals surface area contributed by atoms with Crippen molar-refractivity contribution in [3.63, 3.8) is 0 Å². The maximum atomic E-state index is 12.8. The minimum Gasteiger partial charge on any atom is -0.341 e. The molecule has 0 spiro atoms. The van der Waals surface area contributed by atoms with Crippen LogP contribution >= 0.6 is 0 Å². The molecule has 1 saturated heterocycles. The molecule has 0 atom stereocenters. The Hall–Kier alpha value is -3.71. The predicted molar refractivity (Wildman–Crippen MR) is 127 cm³/mol. The van der Waals surface area contributed by atoms with Crippen molar-refractivity contribution in [2.24, 2.45) is 14.1 Å². The van der Waals surface area contributed by atoms with E-state index in [1.807, 2.05) is 29.2 Å². The molecule has 0 radical (unpaired) electrons. The maximum absolute atomic E-state index is 12.8. The van der Waals surface area contributed by atoms with E-state index in [4.69, 9.17) is 5.26 Å². The van der Waals surface area contributed by atoms with Gasteiger partial charge in [-0.2, -0.15) is 5.26 Å². The SMILES string of the molecule is Cn1c(=O)c2c(ncn2CCCC(=O)N2CCCN(Cc3ccc(C#N)cc3)CC2)n(C)c1=O. The van der Waals surface area contributed by atoms with Crippen LogP contribution in [0.5, 0.6) is 0 Å². The van der Waals surface area contributed by atoms with Crippen molar-refractivity contribution in [3.8, 4) is 6.07 Å². The molecule has 2 aromatic heterocycles. The molecule has 178 valence electrons. The summed E-state index contributed by atoms with van der Waals surface area (Å²) in [6, 6.07) is 9.77. The first-order valence-corrected chi connectivity index (χ1v) is 11.5. The highest BCUT2D eigenvalue weighted by Gasteiger charge is 2.20. The Bertz CT molecular complexity index is 1340. The first-order valence-electron chi connectivity index (χ1n) is 11.5. The molecule has 4 rings (SSSR count). The summed E-state index contributed by atoms with van der Waals surface area (Å²) in [7, 11) is 3.05. The Morgan fingerprint density at radius 3 is 2.56 bits per heavy atom. The molecule has 0 N–H and O–H groups in total. The topological polar surface area (TPSA) is 109 Å². The van der Waals surface area contributed by atoms with Gasteiger partial charge in [-0.15, -0.1) is 0 Å². The van der Waals surface area contributed by atoms with Gasteiger partial charge in [-0.25, -0.2) is 9.78 Å². The van der Waals surface area contributed by atoms with Crippen molar-refractivity contribution < 1.29 is 4.79 Å². The highest BCUT2D eigenvalue weighted by atomic mass is 16.2. The Morgan fingerprint density at radius 1 is 1.06 bits per heavy atom. The van der Waals surface area contributed by atoms with Crippen LogP contribution in [0.15, 0.2) is 40.2 Å². The number of carbonyl (C=O) groups is 1. The first-order chi connectivity index (χ1) is 16.4. The van der Waals surface area contributed by atoms with E-state index >= 15 is 0 Å². The molecule has 1 amide bonds. The zero-order valence-corrected chi connectivity index (χ0v) is 19.6. The second-order valence-electron chi connectivity index (χ2n) is 8.74. The molecule has 1 fully saturated rings. The minimum atomic E-state index is -0.410. The van der Waals surface area contributed by atoms with Crippen LogP contribution in [0.4, 0.5) is 0 Å². The number of aromatic nitrogens is 4. The minimum absolute atomic E-state index is 0.116. The fourth-order valence-electron chi connectivity index (χ4n) is 4.45. The Kier molecular flexibility index (Phi) is 6.93. The highest BCUT2D eigenvalue weighted by molar-refractivity contribution is 5.76. The van der Waals surface area contributed by atoms with Crippen LogP contribution in [0.2, 0.25) is 0 Å². The number of carbonyl (C=O) groups excluding carboxylic acids is 1. The van der Waals surface area contributed by atoms with Crippen LogP contribution in [-0.4, -0.2) is 60.6 Å². The fourth-order valence-corrected chi connectivity index (χ4v) is 4.45. The molecule has 10 nitrogen and oxygen atoms in total. The van der Waals surface area contributed by atoms with E-state index in [1.165, 1.54) is 11.6 Å². The number of aryl methyl sites for hydroxylation is 2. The van der Waals surface area contributed by atoms with Gasteiger partial charge in [-0.3, -0.25) is 23.6 Å². The van der Waals surface area contributed by atoms with E-state index in [9.17, 15) is 14.4 Å². The lowest BCUT2D eigenvalue weighted by atomic mass is 10.1. The van der Waals surface area contributed by atoms with Gasteiger partial charge in [-0.1, -0.05) is 12.1 Å². The summed E-state index contributed by atoms with van der Waals surface area (Å²) in [5.74, 6) is 0.116.